The van der Waals surface area contributed by atoms with Crippen molar-refractivity contribution in [2.45, 2.75) is 25.8 Å². The van der Waals surface area contributed by atoms with Crippen molar-refractivity contribution in [3.63, 3.8) is 0 Å². The third kappa shape index (κ3) is 3.61. The lowest BCUT2D eigenvalue weighted by molar-refractivity contribution is 0.452. The van der Waals surface area contributed by atoms with Gasteiger partial charge in [-0.1, -0.05) is 19.1 Å². The summed E-state index contributed by atoms with van der Waals surface area (Å²) in [7, 11) is 0. The van der Waals surface area contributed by atoms with Crippen molar-refractivity contribution >= 4 is 11.3 Å². The molecule has 102 valence electrons. The van der Waals surface area contributed by atoms with Gasteiger partial charge in [-0.25, -0.2) is 8.78 Å². The van der Waals surface area contributed by atoms with Crippen LogP contribution in [0.2, 0.25) is 0 Å². The predicted molar refractivity (Wildman–Crippen MR) is 75.4 cm³/mol. The molecule has 1 unspecified atom stereocenters. The molecular weight excluding hydrogens is 264 g/mol. The maximum atomic E-state index is 13.8. The lowest BCUT2D eigenvalue weighted by atomic mass is 9.99. The molecule has 0 aliphatic rings. The Morgan fingerprint density at radius 3 is 2.79 bits per heavy atom. The highest BCUT2D eigenvalue weighted by Gasteiger charge is 2.17. The van der Waals surface area contributed by atoms with E-state index < -0.39 is 11.6 Å². The van der Waals surface area contributed by atoms with Crippen LogP contribution in [0.15, 0.2) is 35.0 Å². The first-order valence-corrected chi connectivity index (χ1v) is 7.35. The average Bonchev–Trinajstić information content (AvgIpc) is 2.91. The molecule has 0 saturated carbocycles. The van der Waals surface area contributed by atoms with Crippen LogP contribution in [0.1, 0.15) is 30.5 Å². The van der Waals surface area contributed by atoms with E-state index in [-0.39, 0.29) is 6.04 Å². The summed E-state index contributed by atoms with van der Waals surface area (Å²) in [5, 5.41) is 7.34. The fourth-order valence-corrected chi connectivity index (χ4v) is 2.85. The Morgan fingerprint density at radius 1 is 1.26 bits per heavy atom. The summed E-state index contributed by atoms with van der Waals surface area (Å²) < 4.78 is 27.1. The first kappa shape index (κ1) is 14.2. The monoisotopic (exact) mass is 281 g/mol. The second kappa shape index (κ2) is 6.78. The van der Waals surface area contributed by atoms with E-state index in [4.69, 9.17) is 0 Å². The quantitative estimate of drug-likeness (QED) is 0.832. The van der Waals surface area contributed by atoms with Gasteiger partial charge < -0.3 is 5.32 Å². The van der Waals surface area contributed by atoms with Crippen LogP contribution in [0.3, 0.4) is 0 Å². The van der Waals surface area contributed by atoms with E-state index in [0.29, 0.717) is 5.56 Å². The fourth-order valence-electron chi connectivity index (χ4n) is 2.15. The minimum atomic E-state index is -0.782. The van der Waals surface area contributed by atoms with Gasteiger partial charge in [0.2, 0.25) is 0 Å². The molecule has 1 N–H and O–H groups in total. The summed E-state index contributed by atoms with van der Waals surface area (Å²) in [6.45, 7) is 2.69. The number of halogens is 2. The van der Waals surface area contributed by atoms with E-state index in [9.17, 15) is 8.78 Å². The minimum Gasteiger partial charge on any atom is -0.310 e. The van der Waals surface area contributed by atoms with Crippen molar-refractivity contribution in [1.29, 1.82) is 0 Å². The zero-order chi connectivity index (χ0) is 13.7. The number of hydrogen-bond acceptors (Lipinski definition) is 2. The van der Waals surface area contributed by atoms with Crippen LogP contribution in [-0.4, -0.2) is 6.54 Å². The van der Waals surface area contributed by atoms with Crippen LogP contribution in [0.25, 0.3) is 0 Å². The molecule has 0 saturated heterocycles. The van der Waals surface area contributed by atoms with E-state index in [1.807, 2.05) is 12.3 Å². The third-order valence-electron chi connectivity index (χ3n) is 3.11. The Kier molecular flexibility index (Phi) is 5.05. The third-order valence-corrected chi connectivity index (χ3v) is 3.84. The van der Waals surface area contributed by atoms with Crippen LogP contribution in [-0.2, 0) is 6.42 Å². The number of nitrogens with one attached hydrogen (secondary N) is 1. The summed E-state index contributed by atoms with van der Waals surface area (Å²) >= 11 is 1.65. The second-order valence-electron chi connectivity index (χ2n) is 4.42. The van der Waals surface area contributed by atoms with Crippen molar-refractivity contribution in [3.05, 3.63) is 57.8 Å². The van der Waals surface area contributed by atoms with Gasteiger partial charge in [-0.2, -0.15) is 11.3 Å². The lowest BCUT2D eigenvalue weighted by Gasteiger charge is -2.19. The Balaban J connectivity index is 2.12. The second-order valence-corrected chi connectivity index (χ2v) is 5.20. The van der Waals surface area contributed by atoms with Crippen LogP contribution in [0.4, 0.5) is 8.78 Å². The molecule has 0 radical (unpaired) electrons. The standard InChI is InChI=1S/C15H17F2NS/c1-2-18-14(7-6-11-8-9-19-10-11)12-4-3-5-13(16)15(12)17/h3-5,8-10,14,18H,2,6-7H2,1H3. The zero-order valence-electron chi connectivity index (χ0n) is 10.8. The molecule has 0 aliphatic heterocycles. The highest BCUT2D eigenvalue weighted by Crippen LogP contribution is 2.24. The van der Waals surface area contributed by atoms with Gasteiger partial charge in [-0.05, 0) is 47.8 Å². The molecule has 2 rings (SSSR count). The van der Waals surface area contributed by atoms with E-state index in [1.165, 1.54) is 5.56 Å². The van der Waals surface area contributed by atoms with Crippen LogP contribution in [0, 0.1) is 11.6 Å². The molecule has 0 amide bonds. The number of rotatable bonds is 6. The SMILES string of the molecule is CCNC(CCc1ccsc1)c1cccc(F)c1F. The Morgan fingerprint density at radius 2 is 2.11 bits per heavy atom. The molecule has 1 aromatic carbocycles. The number of thiophene rings is 1. The van der Waals surface area contributed by atoms with Gasteiger partial charge in [0.25, 0.3) is 0 Å². The van der Waals surface area contributed by atoms with Gasteiger partial charge in [-0.3, -0.25) is 0 Å². The van der Waals surface area contributed by atoms with Crippen molar-refractivity contribution in [2.75, 3.05) is 6.54 Å². The molecule has 0 aliphatic carbocycles. The van der Waals surface area contributed by atoms with Gasteiger partial charge in [0, 0.05) is 11.6 Å². The molecule has 0 fully saturated rings. The van der Waals surface area contributed by atoms with E-state index in [2.05, 4.69) is 16.8 Å². The molecule has 4 heteroatoms. The van der Waals surface area contributed by atoms with Crippen molar-refractivity contribution in [1.82, 2.24) is 5.32 Å². The fraction of sp³-hybridized carbons (Fsp3) is 0.333. The smallest absolute Gasteiger partial charge is 0.163 e. The lowest BCUT2D eigenvalue weighted by Crippen LogP contribution is -2.22. The Labute approximate surface area is 116 Å². The first-order valence-electron chi connectivity index (χ1n) is 6.40. The average molecular weight is 281 g/mol. The molecule has 1 atom stereocenters. The van der Waals surface area contributed by atoms with E-state index >= 15 is 0 Å². The van der Waals surface area contributed by atoms with Gasteiger partial charge >= 0.3 is 0 Å². The summed E-state index contributed by atoms with van der Waals surface area (Å²) in [6.07, 6.45) is 1.61. The van der Waals surface area contributed by atoms with Crippen LogP contribution in [0.5, 0.6) is 0 Å². The topological polar surface area (TPSA) is 12.0 Å². The highest BCUT2D eigenvalue weighted by atomic mass is 32.1. The molecule has 19 heavy (non-hydrogen) atoms. The number of aryl methyl sites for hydroxylation is 1. The summed E-state index contributed by atoms with van der Waals surface area (Å²) in [5.41, 5.74) is 1.65. The van der Waals surface area contributed by atoms with Gasteiger partial charge in [0.05, 0.1) is 0 Å². The Bertz CT molecular complexity index is 511. The molecule has 2 aromatic rings. The van der Waals surface area contributed by atoms with Crippen molar-refractivity contribution in [3.8, 4) is 0 Å². The first-order chi connectivity index (χ1) is 9.22. The summed E-state index contributed by atoms with van der Waals surface area (Å²) in [6, 6.07) is 6.28. The van der Waals surface area contributed by atoms with Gasteiger partial charge in [0.15, 0.2) is 11.6 Å². The molecule has 0 spiro atoms. The van der Waals surface area contributed by atoms with Crippen molar-refractivity contribution < 1.29 is 8.78 Å². The summed E-state index contributed by atoms with van der Waals surface area (Å²) in [5.74, 6) is -1.52. The predicted octanol–water partition coefficient (Wildman–Crippen LogP) is 4.31. The molecular formula is C15H17F2NS. The Hall–Kier alpha value is -1.26. The largest absolute Gasteiger partial charge is 0.310 e. The normalized spacial score (nSPS) is 12.6. The summed E-state index contributed by atoms with van der Waals surface area (Å²) in [4.78, 5) is 0. The molecule has 1 nitrogen and oxygen atoms in total. The van der Waals surface area contributed by atoms with E-state index in [1.54, 1.807) is 23.5 Å². The maximum Gasteiger partial charge on any atom is 0.163 e. The van der Waals surface area contributed by atoms with Crippen molar-refractivity contribution in [2.24, 2.45) is 0 Å². The van der Waals surface area contributed by atoms with Gasteiger partial charge in [-0.15, -0.1) is 0 Å². The van der Waals surface area contributed by atoms with E-state index in [0.717, 1.165) is 25.5 Å². The zero-order valence-corrected chi connectivity index (χ0v) is 11.6. The number of benzene rings is 1. The van der Waals surface area contributed by atoms with Gasteiger partial charge in [0.1, 0.15) is 0 Å². The molecule has 1 heterocycles. The molecule has 0 bridgehead atoms. The van der Waals surface area contributed by atoms with Crippen LogP contribution < -0.4 is 5.32 Å². The highest BCUT2D eigenvalue weighted by molar-refractivity contribution is 7.07. The minimum absolute atomic E-state index is 0.152. The molecule has 1 aromatic heterocycles. The number of hydrogen-bond donors (Lipinski definition) is 1. The maximum absolute atomic E-state index is 13.8. The van der Waals surface area contributed by atoms with Crippen LogP contribution >= 0.6 is 11.3 Å².